The van der Waals surface area contributed by atoms with Gasteiger partial charge in [0, 0.05) is 38.7 Å². The summed E-state index contributed by atoms with van der Waals surface area (Å²) in [5.74, 6) is 0. The lowest BCUT2D eigenvalue weighted by Gasteiger charge is -2.36. The number of rotatable bonds is 28. The molecule has 0 aliphatic carbocycles. The molecule has 0 spiro atoms. The van der Waals surface area contributed by atoms with Crippen LogP contribution in [0.3, 0.4) is 0 Å². The lowest BCUT2D eigenvalue weighted by atomic mass is 10.1. The Morgan fingerprint density at radius 2 is 0.734 bits per heavy atom. The maximum atomic E-state index is 9.16. The van der Waals surface area contributed by atoms with Crippen LogP contribution < -0.4 is 10.6 Å². The van der Waals surface area contributed by atoms with E-state index in [1.165, 1.54) is 11.1 Å². The monoisotopic (exact) mass is 977 g/mol. The average molecular weight is 978 g/mol. The smallest absolute Gasteiger partial charge is 0.192 e. The maximum absolute atomic E-state index is 9.16. The number of aliphatic hydroxyl groups excluding tert-OH is 2. The van der Waals surface area contributed by atoms with Gasteiger partial charge in [0.1, 0.15) is 0 Å². The first-order chi connectivity index (χ1) is 29.6. The number of methoxy groups -OCH3 is 2. The van der Waals surface area contributed by atoms with Crippen LogP contribution in [-0.4, -0.2) is 128 Å². The molecular weight excluding hydrogens is 884 g/mol. The van der Waals surface area contributed by atoms with Crippen LogP contribution in [0.15, 0.2) is 36.4 Å². The molecule has 0 radical (unpaired) electrons. The lowest BCUT2D eigenvalue weighted by Crippen LogP contribution is -2.40. The summed E-state index contributed by atoms with van der Waals surface area (Å²) in [6, 6.07) is 12.1. The van der Waals surface area contributed by atoms with Crippen molar-refractivity contribution in [2.45, 2.75) is 143 Å². The van der Waals surface area contributed by atoms with Gasteiger partial charge < -0.3 is 58.1 Å². The maximum Gasteiger partial charge on any atom is 0.192 e. The zero-order valence-electron chi connectivity index (χ0n) is 43.3. The number of halogens is 1. The Morgan fingerprint density at radius 3 is 1.02 bits per heavy atom. The highest BCUT2D eigenvalue weighted by molar-refractivity contribution is 7.20. The van der Waals surface area contributed by atoms with E-state index < -0.39 is 24.0 Å². The first-order valence-corrected chi connectivity index (χ1v) is 32.7. The Morgan fingerprint density at radius 1 is 0.453 bits per heavy atom. The van der Waals surface area contributed by atoms with Gasteiger partial charge in [-0.1, -0.05) is 87.5 Å². The van der Waals surface area contributed by atoms with E-state index in [1.54, 1.807) is 20.3 Å². The van der Waals surface area contributed by atoms with Gasteiger partial charge in [0.25, 0.3) is 0 Å². The van der Waals surface area contributed by atoms with E-state index in [1.807, 2.05) is 12.1 Å². The largest absolute Gasteiger partial charge is 0.413 e. The van der Waals surface area contributed by atoms with Crippen LogP contribution in [0, 0.1) is 0 Å². The second-order valence-electron chi connectivity index (χ2n) is 20.5. The molecule has 0 amide bonds. The van der Waals surface area contributed by atoms with Crippen LogP contribution in [0.2, 0.25) is 54.4 Å². The number of hydrogen-bond acceptors (Lipinski definition) is 12. The number of nitrogens with one attached hydrogen (secondary N) is 2. The van der Waals surface area contributed by atoms with Crippen molar-refractivity contribution in [3.05, 3.63) is 58.7 Å². The molecule has 0 aliphatic rings. The molecule has 0 aromatic heterocycles. The van der Waals surface area contributed by atoms with Crippen molar-refractivity contribution in [2.24, 2.45) is 0 Å². The van der Waals surface area contributed by atoms with E-state index in [9.17, 15) is 0 Å². The van der Waals surface area contributed by atoms with E-state index in [2.05, 4.69) is 130 Å². The van der Waals surface area contributed by atoms with Gasteiger partial charge in [-0.3, -0.25) is 0 Å². The molecule has 0 saturated carbocycles. The number of hydrogen-bond donors (Lipinski definition) is 4. The number of benzene rings is 2. The third-order valence-electron chi connectivity index (χ3n) is 11.8. The van der Waals surface area contributed by atoms with Crippen molar-refractivity contribution >= 4 is 46.5 Å². The molecule has 2 aromatic rings. The van der Waals surface area contributed by atoms with E-state index >= 15 is 0 Å². The highest BCUT2D eigenvalue weighted by Crippen LogP contribution is 2.39. The zero-order chi connectivity index (χ0) is 49.1. The fraction of sp³-hybridized carbons (Fsp3) is 0.750. The summed E-state index contributed by atoms with van der Waals surface area (Å²) >= 11 is 6.15. The lowest BCUT2D eigenvalue weighted by molar-refractivity contribution is 0.0272. The first kappa shape index (κ1) is 62.6. The molecule has 0 atom stereocenters. The van der Waals surface area contributed by atoms with Gasteiger partial charge in [-0.15, -0.1) is 0 Å². The van der Waals surface area contributed by atoms with E-state index in [0.29, 0.717) is 90.9 Å². The molecule has 64 heavy (non-hydrogen) atoms. The second-order valence-corrected chi connectivity index (χ2v) is 37.4. The predicted molar refractivity (Wildman–Crippen MR) is 276 cm³/mol. The highest BCUT2D eigenvalue weighted by atomic mass is 35.6. The minimum absolute atomic E-state index is 0.0438. The Balaban J connectivity index is 0.00000115. The van der Waals surface area contributed by atoms with E-state index in [4.69, 9.17) is 58.6 Å². The first-order valence-electron chi connectivity index (χ1n) is 22.8. The van der Waals surface area contributed by atoms with Gasteiger partial charge in [-0.25, -0.2) is 0 Å². The second kappa shape index (κ2) is 31.6. The zero-order valence-corrected chi connectivity index (χ0v) is 47.1. The number of anilines is 2. The molecule has 0 saturated heterocycles. The highest BCUT2D eigenvalue weighted by Gasteiger charge is 2.38. The molecule has 0 unspecified atom stereocenters. The fourth-order valence-electron chi connectivity index (χ4n) is 4.50. The molecule has 374 valence electrons. The van der Waals surface area contributed by atoms with Gasteiger partial charge in [0.15, 0.2) is 24.0 Å². The minimum Gasteiger partial charge on any atom is -0.413 e. The predicted octanol–water partition coefficient (Wildman–Crippen LogP) is 10.8. The molecule has 2 aromatic carbocycles. The summed E-state index contributed by atoms with van der Waals surface area (Å²) in [5.41, 5.74) is 5.86. The van der Waals surface area contributed by atoms with Crippen molar-refractivity contribution in [3.8, 4) is 0 Å². The quantitative estimate of drug-likeness (QED) is 0.0367. The average Bonchev–Trinajstić information content (AvgIpc) is 3.19. The molecule has 0 aliphatic heterocycles. The van der Waals surface area contributed by atoms with Crippen molar-refractivity contribution in [2.75, 3.05) is 104 Å². The fourth-order valence-corrected chi connectivity index (χ4v) is 6.42. The number of aliphatic hydroxyl groups is 2. The summed E-state index contributed by atoms with van der Waals surface area (Å²) in [5, 5.41) is 25.7. The van der Waals surface area contributed by atoms with Crippen molar-refractivity contribution in [1.29, 1.82) is 0 Å². The normalized spacial score (nSPS) is 12.6. The van der Waals surface area contributed by atoms with Gasteiger partial charge in [-0.05, 0) is 87.8 Å². The van der Waals surface area contributed by atoms with Crippen molar-refractivity contribution in [3.63, 3.8) is 0 Å². The van der Waals surface area contributed by atoms with E-state index in [0.717, 1.165) is 29.0 Å². The van der Waals surface area contributed by atoms with Crippen LogP contribution in [-0.2, 0) is 63.7 Å². The van der Waals surface area contributed by atoms with Crippen molar-refractivity contribution < 1.29 is 47.5 Å². The van der Waals surface area contributed by atoms with E-state index in [-0.39, 0.29) is 23.3 Å². The van der Waals surface area contributed by atoms with Crippen LogP contribution in [0.1, 0.15) is 84.6 Å². The van der Waals surface area contributed by atoms with Crippen LogP contribution in [0.5, 0.6) is 0 Å². The van der Waals surface area contributed by atoms with Crippen LogP contribution in [0.25, 0.3) is 0 Å². The molecule has 2 rings (SSSR count). The summed E-state index contributed by atoms with van der Waals surface area (Å²) in [6.45, 7) is 42.2. The molecule has 0 fully saturated rings. The van der Waals surface area contributed by atoms with Gasteiger partial charge >= 0.3 is 0 Å². The summed E-state index contributed by atoms with van der Waals surface area (Å²) in [6.07, 6.45) is 0. The van der Waals surface area contributed by atoms with Crippen LogP contribution in [0.4, 0.5) is 11.4 Å². The summed E-state index contributed by atoms with van der Waals surface area (Å²) in [4.78, 5) is 0. The van der Waals surface area contributed by atoms with Gasteiger partial charge in [0.05, 0.1) is 92.5 Å². The molecule has 4 N–H and O–H groups in total. The van der Waals surface area contributed by atoms with Crippen molar-refractivity contribution in [1.82, 2.24) is 0 Å². The molecule has 0 bridgehead atoms. The summed E-state index contributed by atoms with van der Waals surface area (Å²) in [7, 11) is -1.74. The standard InChI is InChI=1S/C27H53NO5Si2.C15H25NO5.C6H15ClSi/c1-26(2,3)34(8,9)32-21-23-18-24(22-33-35(10,11)27(4,5)6)20-25(19-23)28-12-13-30-16-17-31-15-14-29-7;1-19-4-5-21-7-6-20-3-2-16-15-9-13(11-17)8-14(10-15)12-18;1-6(2,3)8(4,5)7/h18-20,28H,12-17,21-22H2,1-11H3;8-10,16-18H,2-7,11-12H2,1H3;1-5H3. The Kier molecular flexibility index (Phi) is 30.9. The molecule has 0 heterocycles. The SMILES string of the molecule is CC(C)(C)[Si](C)(C)Cl.COCCOCCOCCNc1cc(CO)cc(CO)c1.COCCOCCOCCNc1cc(CO[Si](C)(C)C(C)(C)C)cc(CO[Si](C)(C)C(C)(C)C)c1. The van der Waals surface area contributed by atoms with Crippen LogP contribution >= 0.6 is 11.1 Å². The molecule has 12 nitrogen and oxygen atoms in total. The summed E-state index contributed by atoms with van der Waals surface area (Å²) < 4.78 is 44.7. The molecule has 16 heteroatoms. The third kappa shape index (κ3) is 28.0. The minimum atomic E-state index is -1.83. The van der Waals surface area contributed by atoms with Gasteiger partial charge in [-0.2, -0.15) is 11.1 Å². The Hall–Kier alpha value is -1.42. The topological polar surface area (TPSA) is 138 Å². The Labute approximate surface area is 398 Å². The third-order valence-corrected chi connectivity index (χ3v) is 26.0. The van der Waals surface area contributed by atoms with Gasteiger partial charge in [0.2, 0.25) is 0 Å². The molecular formula is C48H93ClN2O10Si3. The number of ether oxygens (including phenoxy) is 6. The Bertz CT molecular complexity index is 1430.